The Morgan fingerprint density at radius 3 is 2.83 bits per heavy atom. The lowest BCUT2D eigenvalue weighted by atomic mass is 10.2. The maximum atomic E-state index is 4.57. The van der Waals surface area contributed by atoms with Crippen LogP contribution >= 0.6 is 11.8 Å². The summed E-state index contributed by atoms with van der Waals surface area (Å²) in [7, 11) is 0. The molecule has 0 amide bonds. The fourth-order valence-corrected chi connectivity index (χ4v) is 2.61. The van der Waals surface area contributed by atoms with Gasteiger partial charge in [-0.3, -0.25) is 4.90 Å². The van der Waals surface area contributed by atoms with E-state index in [0.717, 1.165) is 24.8 Å². The first-order valence-electron chi connectivity index (χ1n) is 6.00. The summed E-state index contributed by atoms with van der Waals surface area (Å²) in [6.45, 7) is 2.87. The molecule has 3 rings (SSSR count). The first kappa shape index (κ1) is 11.7. The minimum absolute atomic E-state index is 0.871. The first-order chi connectivity index (χ1) is 8.85. The molecule has 0 saturated heterocycles. The highest BCUT2D eigenvalue weighted by Gasteiger charge is 2.20. The van der Waals surface area contributed by atoms with E-state index in [9.17, 15) is 0 Å². The smallest absolute Gasteiger partial charge is 0.187 e. The molecule has 1 aliphatic heterocycles. The van der Waals surface area contributed by atoms with Gasteiger partial charge in [-0.15, -0.1) is 0 Å². The Morgan fingerprint density at radius 2 is 2.06 bits per heavy atom. The Labute approximate surface area is 111 Å². The van der Waals surface area contributed by atoms with E-state index in [0.29, 0.717) is 0 Å². The Hall–Kier alpha value is -1.39. The maximum Gasteiger partial charge on any atom is 0.187 e. The average Bonchev–Trinajstić information content (AvgIpc) is 2.80. The Kier molecular flexibility index (Phi) is 3.30. The van der Waals surface area contributed by atoms with Crippen LogP contribution in [-0.2, 0) is 19.6 Å². The van der Waals surface area contributed by atoms with E-state index < -0.39 is 0 Å². The lowest BCUT2D eigenvalue weighted by Crippen LogP contribution is -2.15. The van der Waals surface area contributed by atoms with E-state index in [-0.39, 0.29) is 0 Å². The second-order valence-corrected chi connectivity index (χ2v) is 5.23. The number of hydrogen-bond donors (Lipinski definition) is 0. The van der Waals surface area contributed by atoms with Gasteiger partial charge in [0.05, 0.1) is 5.69 Å². The third kappa shape index (κ3) is 2.40. The molecule has 0 bridgehead atoms. The molecule has 3 nitrogen and oxygen atoms in total. The van der Waals surface area contributed by atoms with Gasteiger partial charge < -0.3 is 0 Å². The van der Waals surface area contributed by atoms with Crippen molar-refractivity contribution in [3.05, 3.63) is 53.3 Å². The standard InChI is InChI=1S/C14H15N3S/c1-18-14-15-7-12-9-17(10-13(12)16-14)8-11-5-3-2-4-6-11/h2-7H,8-10H2,1H3. The molecule has 0 aliphatic carbocycles. The van der Waals surface area contributed by atoms with Crippen LogP contribution in [0.2, 0.25) is 0 Å². The van der Waals surface area contributed by atoms with Gasteiger partial charge in [0.2, 0.25) is 0 Å². The fourth-order valence-electron chi connectivity index (χ4n) is 2.25. The lowest BCUT2D eigenvalue weighted by Gasteiger charge is -2.13. The highest BCUT2D eigenvalue weighted by Crippen LogP contribution is 2.23. The largest absolute Gasteiger partial charge is 0.289 e. The van der Waals surface area contributed by atoms with Crippen molar-refractivity contribution in [3.8, 4) is 0 Å². The molecule has 1 aromatic heterocycles. The molecule has 0 atom stereocenters. The Balaban J connectivity index is 1.73. The quantitative estimate of drug-likeness (QED) is 0.624. The van der Waals surface area contributed by atoms with Crippen LogP contribution < -0.4 is 0 Å². The van der Waals surface area contributed by atoms with Gasteiger partial charge in [-0.25, -0.2) is 9.97 Å². The topological polar surface area (TPSA) is 29.0 Å². The van der Waals surface area contributed by atoms with Gasteiger partial charge in [-0.2, -0.15) is 0 Å². The highest BCUT2D eigenvalue weighted by atomic mass is 32.2. The van der Waals surface area contributed by atoms with E-state index >= 15 is 0 Å². The van der Waals surface area contributed by atoms with Crippen LogP contribution in [0, 0.1) is 0 Å². The van der Waals surface area contributed by atoms with Crippen molar-refractivity contribution < 1.29 is 0 Å². The summed E-state index contributed by atoms with van der Waals surface area (Å²) in [4.78, 5) is 11.3. The molecular weight excluding hydrogens is 242 g/mol. The van der Waals surface area contributed by atoms with Gasteiger partial charge in [-0.05, 0) is 11.8 Å². The summed E-state index contributed by atoms with van der Waals surface area (Å²) < 4.78 is 0. The molecule has 0 unspecified atom stereocenters. The van der Waals surface area contributed by atoms with Gasteiger partial charge in [0.25, 0.3) is 0 Å². The molecule has 1 aliphatic rings. The van der Waals surface area contributed by atoms with E-state index in [1.54, 1.807) is 11.8 Å². The van der Waals surface area contributed by atoms with Gasteiger partial charge in [0.15, 0.2) is 5.16 Å². The minimum Gasteiger partial charge on any atom is -0.289 e. The zero-order chi connectivity index (χ0) is 12.4. The SMILES string of the molecule is CSc1ncc2c(n1)CN(Cc1ccccc1)C2. The number of rotatable bonds is 3. The van der Waals surface area contributed by atoms with Crippen molar-refractivity contribution in [1.29, 1.82) is 0 Å². The van der Waals surface area contributed by atoms with Crippen LogP contribution in [0.5, 0.6) is 0 Å². The second kappa shape index (κ2) is 5.08. The van der Waals surface area contributed by atoms with Gasteiger partial charge >= 0.3 is 0 Å². The molecule has 92 valence electrons. The third-order valence-corrected chi connectivity index (χ3v) is 3.69. The van der Waals surface area contributed by atoms with E-state index in [4.69, 9.17) is 0 Å². The summed E-state index contributed by atoms with van der Waals surface area (Å²) >= 11 is 1.60. The van der Waals surface area contributed by atoms with Crippen LogP contribution in [0.1, 0.15) is 16.8 Å². The van der Waals surface area contributed by atoms with E-state index in [1.807, 2.05) is 12.5 Å². The lowest BCUT2D eigenvalue weighted by molar-refractivity contribution is 0.274. The van der Waals surface area contributed by atoms with Crippen molar-refractivity contribution in [3.63, 3.8) is 0 Å². The van der Waals surface area contributed by atoms with Gasteiger partial charge in [0.1, 0.15) is 0 Å². The zero-order valence-electron chi connectivity index (χ0n) is 10.3. The van der Waals surface area contributed by atoms with Crippen LogP contribution in [0.3, 0.4) is 0 Å². The minimum atomic E-state index is 0.871. The van der Waals surface area contributed by atoms with Crippen molar-refractivity contribution in [2.75, 3.05) is 6.26 Å². The molecule has 1 aromatic carbocycles. The molecule has 0 spiro atoms. The molecule has 0 N–H and O–H groups in total. The average molecular weight is 257 g/mol. The molecular formula is C14H15N3S. The number of benzene rings is 1. The molecule has 4 heteroatoms. The van der Waals surface area contributed by atoms with Crippen molar-refractivity contribution in [2.24, 2.45) is 0 Å². The van der Waals surface area contributed by atoms with Crippen molar-refractivity contribution in [1.82, 2.24) is 14.9 Å². The number of fused-ring (bicyclic) bond motifs is 1. The summed E-state index contributed by atoms with van der Waals surface area (Å²) in [5, 5.41) is 0.871. The monoisotopic (exact) mass is 257 g/mol. The Morgan fingerprint density at radius 1 is 1.22 bits per heavy atom. The molecule has 2 heterocycles. The van der Waals surface area contributed by atoms with Crippen LogP contribution in [0.15, 0.2) is 41.7 Å². The highest BCUT2D eigenvalue weighted by molar-refractivity contribution is 7.98. The fraction of sp³-hybridized carbons (Fsp3) is 0.286. The molecule has 0 radical (unpaired) electrons. The summed E-state index contributed by atoms with van der Waals surface area (Å²) in [6.07, 6.45) is 3.98. The number of aromatic nitrogens is 2. The van der Waals surface area contributed by atoms with Crippen molar-refractivity contribution >= 4 is 11.8 Å². The van der Waals surface area contributed by atoms with Gasteiger partial charge in [0, 0.05) is 31.4 Å². The summed E-state index contributed by atoms with van der Waals surface area (Å²) in [5.41, 5.74) is 3.80. The first-order valence-corrected chi connectivity index (χ1v) is 7.22. The Bertz CT molecular complexity index is 542. The van der Waals surface area contributed by atoms with Crippen LogP contribution in [0.4, 0.5) is 0 Å². The maximum absolute atomic E-state index is 4.57. The number of hydrogen-bond acceptors (Lipinski definition) is 4. The molecule has 2 aromatic rings. The van der Waals surface area contributed by atoms with E-state index in [1.165, 1.54) is 16.8 Å². The van der Waals surface area contributed by atoms with Gasteiger partial charge in [-0.1, -0.05) is 42.1 Å². The molecule has 0 fully saturated rings. The second-order valence-electron chi connectivity index (χ2n) is 4.46. The summed E-state index contributed by atoms with van der Waals surface area (Å²) in [5.74, 6) is 0. The van der Waals surface area contributed by atoms with Crippen LogP contribution in [0.25, 0.3) is 0 Å². The van der Waals surface area contributed by atoms with Crippen LogP contribution in [-0.4, -0.2) is 21.1 Å². The zero-order valence-corrected chi connectivity index (χ0v) is 11.2. The normalized spacial score (nSPS) is 14.7. The predicted octanol–water partition coefficient (Wildman–Crippen LogP) is 2.71. The van der Waals surface area contributed by atoms with E-state index in [2.05, 4.69) is 45.2 Å². The number of thioether (sulfide) groups is 1. The third-order valence-electron chi connectivity index (χ3n) is 3.13. The van der Waals surface area contributed by atoms with Crippen molar-refractivity contribution in [2.45, 2.75) is 24.8 Å². The number of nitrogens with zero attached hydrogens (tertiary/aromatic N) is 3. The predicted molar refractivity (Wildman–Crippen MR) is 73.2 cm³/mol. The molecule has 0 saturated carbocycles. The summed E-state index contributed by atoms with van der Waals surface area (Å²) in [6, 6.07) is 10.6. The molecule has 18 heavy (non-hydrogen) atoms.